The highest BCUT2D eigenvalue weighted by atomic mass is 16.2. The molecular formula is C13H18N2O. The Balaban J connectivity index is 2.33. The van der Waals surface area contributed by atoms with E-state index < -0.39 is 0 Å². The second-order valence-corrected chi connectivity index (χ2v) is 5.20. The van der Waals surface area contributed by atoms with Crippen molar-refractivity contribution in [3.05, 3.63) is 29.3 Å². The van der Waals surface area contributed by atoms with E-state index in [1.165, 1.54) is 11.1 Å². The Hall–Kier alpha value is -1.51. The number of aryl methyl sites for hydroxylation is 2. The molecule has 1 saturated heterocycles. The molecule has 0 radical (unpaired) electrons. The van der Waals surface area contributed by atoms with E-state index >= 15 is 0 Å². The van der Waals surface area contributed by atoms with E-state index in [0.717, 1.165) is 12.2 Å². The van der Waals surface area contributed by atoms with Crippen LogP contribution in [0.25, 0.3) is 0 Å². The first-order valence-corrected chi connectivity index (χ1v) is 5.56. The smallest absolute Gasteiger partial charge is 0.246 e. The van der Waals surface area contributed by atoms with Crippen LogP contribution in [-0.2, 0) is 4.79 Å². The molecule has 1 aromatic carbocycles. The number of carbonyl (C=O) groups excluding carboxylic acids is 1. The molecule has 0 aromatic heterocycles. The molecule has 16 heavy (non-hydrogen) atoms. The number of carbonyl (C=O) groups is 1. The van der Waals surface area contributed by atoms with Crippen LogP contribution in [0.5, 0.6) is 0 Å². The standard InChI is InChI=1S/C13H18N2O/c1-9-5-6-10(2)11(7-9)15-8-13(3,4)12(16)14-15/h5-7H,8H2,1-4H3,(H,14,16). The van der Waals surface area contributed by atoms with Crippen molar-refractivity contribution >= 4 is 11.6 Å². The van der Waals surface area contributed by atoms with Crippen LogP contribution >= 0.6 is 0 Å². The molecule has 2 rings (SSSR count). The number of nitrogens with zero attached hydrogens (tertiary/aromatic N) is 1. The van der Waals surface area contributed by atoms with E-state index in [0.29, 0.717) is 0 Å². The Labute approximate surface area is 96.4 Å². The number of nitrogens with one attached hydrogen (secondary N) is 1. The van der Waals surface area contributed by atoms with E-state index in [2.05, 4.69) is 37.5 Å². The maximum absolute atomic E-state index is 11.7. The van der Waals surface area contributed by atoms with Crippen LogP contribution in [0, 0.1) is 19.3 Å². The molecule has 0 saturated carbocycles. The highest BCUT2D eigenvalue weighted by Gasteiger charge is 2.38. The van der Waals surface area contributed by atoms with Crippen molar-refractivity contribution < 1.29 is 4.79 Å². The fourth-order valence-corrected chi connectivity index (χ4v) is 1.94. The zero-order valence-corrected chi connectivity index (χ0v) is 10.3. The normalized spacial score (nSPS) is 18.8. The topological polar surface area (TPSA) is 32.3 Å². The lowest BCUT2D eigenvalue weighted by Gasteiger charge is -2.21. The maximum atomic E-state index is 11.7. The van der Waals surface area contributed by atoms with Crippen LogP contribution in [0.4, 0.5) is 5.69 Å². The number of hydrogen-bond donors (Lipinski definition) is 1. The van der Waals surface area contributed by atoms with Crippen LogP contribution in [0.1, 0.15) is 25.0 Å². The van der Waals surface area contributed by atoms with Crippen LogP contribution in [0.3, 0.4) is 0 Å². The highest BCUT2D eigenvalue weighted by molar-refractivity contribution is 5.87. The molecule has 1 amide bonds. The van der Waals surface area contributed by atoms with Gasteiger partial charge < -0.3 is 0 Å². The Kier molecular flexibility index (Phi) is 2.41. The van der Waals surface area contributed by atoms with E-state index in [4.69, 9.17) is 0 Å². The highest BCUT2D eigenvalue weighted by Crippen LogP contribution is 2.29. The molecule has 1 heterocycles. The molecule has 0 spiro atoms. The summed E-state index contributed by atoms with van der Waals surface area (Å²) < 4.78 is 0. The van der Waals surface area contributed by atoms with Gasteiger partial charge in [-0.2, -0.15) is 0 Å². The number of anilines is 1. The molecule has 1 aliphatic heterocycles. The molecule has 0 aliphatic carbocycles. The number of hydrogen-bond acceptors (Lipinski definition) is 2. The van der Waals surface area contributed by atoms with E-state index in [1.807, 2.05) is 18.9 Å². The first-order chi connectivity index (χ1) is 7.40. The van der Waals surface area contributed by atoms with Gasteiger partial charge in [0.15, 0.2) is 0 Å². The molecule has 1 fully saturated rings. The first-order valence-electron chi connectivity index (χ1n) is 5.56. The van der Waals surface area contributed by atoms with Crippen molar-refractivity contribution in [2.45, 2.75) is 27.7 Å². The summed E-state index contributed by atoms with van der Waals surface area (Å²) in [5.41, 5.74) is 6.10. The van der Waals surface area contributed by atoms with Gasteiger partial charge in [-0.25, -0.2) is 0 Å². The minimum absolute atomic E-state index is 0.0911. The van der Waals surface area contributed by atoms with Crippen LogP contribution in [0.15, 0.2) is 18.2 Å². The van der Waals surface area contributed by atoms with Crippen molar-refractivity contribution in [1.29, 1.82) is 0 Å². The minimum atomic E-state index is -0.309. The summed E-state index contributed by atoms with van der Waals surface area (Å²) in [6, 6.07) is 6.28. The van der Waals surface area contributed by atoms with Crippen LogP contribution in [-0.4, -0.2) is 12.5 Å². The van der Waals surface area contributed by atoms with Crippen molar-refractivity contribution in [3.8, 4) is 0 Å². The van der Waals surface area contributed by atoms with Gasteiger partial charge in [0, 0.05) is 0 Å². The van der Waals surface area contributed by atoms with Gasteiger partial charge in [-0.3, -0.25) is 15.2 Å². The fourth-order valence-electron chi connectivity index (χ4n) is 1.94. The van der Waals surface area contributed by atoms with Gasteiger partial charge in [-0.05, 0) is 44.9 Å². The molecule has 1 aromatic rings. The average molecular weight is 218 g/mol. The lowest BCUT2D eigenvalue weighted by Crippen LogP contribution is -2.33. The third kappa shape index (κ3) is 1.77. The Morgan fingerprint density at radius 2 is 2.00 bits per heavy atom. The van der Waals surface area contributed by atoms with Gasteiger partial charge in [-0.15, -0.1) is 0 Å². The van der Waals surface area contributed by atoms with Crippen LogP contribution in [0.2, 0.25) is 0 Å². The minimum Gasteiger partial charge on any atom is -0.284 e. The monoisotopic (exact) mass is 218 g/mol. The van der Waals surface area contributed by atoms with Gasteiger partial charge >= 0.3 is 0 Å². The summed E-state index contributed by atoms with van der Waals surface area (Å²) in [5, 5.41) is 1.95. The second-order valence-electron chi connectivity index (χ2n) is 5.20. The molecule has 86 valence electrons. The van der Waals surface area contributed by atoms with E-state index in [9.17, 15) is 4.79 Å². The number of rotatable bonds is 1. The SMILES string of the molecule is Cc1ccc(C)c(N2CC(C)(C)C(=O)N2)c1. The third-order valence-corrected chi connectivity index (χ3v) is 3.06. The Morgan fingerprint density at radius 3 is 2.56 bits per heavy atom. The maximum Gasteiger partial charge on any atom is 0.246 e. The van der Waals surface area contributed by atoms with Gasteiger partial charge in [0.05, 0.1) is 17.6 Å². The van der Waals surface area contributed by atoms with Gasteiger partial charge in [-0.1, -0.05) is 12.1 Å². The zero-order valence-electron chi connectivity index (χ0n) is 10.3. The van der Waals surface area contributed by atoms with E-state index in [-0.39, 0.29) is 11.3 Å². The molecule has 0 bridgehead atoms. The van der Waals surface area contributed by atoms with Crippen molar-refractivity contribution in [1.82, 2.24) is 5.43 Å². The third-order valence-electron chi connectivity index (χ3n) is 3.06. The largest absolute Gasteiger partial charge is 0.284 e. The fraction of sp³-hybridized carbons (Fsp3) is 0.462. The number of benzene rings is 1. The van der Waals surface area contributed by atoms with Gasteiger partial charge in [0.2, 0.25) is 5.91 Å². The average Bonchev–Trinajstić information content (AvgIpc) is 2.45. The molecule has 1 N–H and O–H groups in total. The van der Waals surface area contributed by atoms with Crippen LogP contribution < -0.4 is 10.4 Å². The van der Waals surface area contributed by atoms with Crippen molar-refractivity contribution in [3.63, 3.8) is 0 Å². The van der Waals surface area contributed by atoms with E-state index in [1.54, 1.807) is 0 Å². The lowest BCUT2D eigenvalue weighted by atomic mass is 9.94. The first kappa shape index (κ1) is 11.0. The Bertz CT molecular complexity index is 438. The quantitative estimate of drug-likeness (QED) is 0.783. The van der Waals surface area contributed by atoms with Gasteiger partial charge in [0.25, 0.3) is 0 Å². The molecule has 0 unspecified atom stereocenters. The summed E-state index contributed by atoms with van der Waals surface area (Å²) in [5.74, 6) is 0.0911. The summed E-state index contributed by atoms with van der Waals surface area (Å²) in [4.78, 5) is 11.7. The summed E-state index contributed by atoms with van der Waals surface area (Å²) in [7, 11) is 0. The number of hydrazine groups is 1. The van der Waals surface area contributed by atoms with Crippen molar-refractivity contribution in [2.24, 2.45) is 5.41 Å². The second kappa shape index (κ2) is 3.51. The summed E-state index contributed by atoms with van der Waals surface area (Å²) in [6.45, 7) is 8.77. The predicted molar refractivity (Wildman–Crippen MR) is 65.2 cm³/mol. The molecule has 0 atom stereocenters. The van der Waals surface area contributed by atoms with Crippen molar-refractivity contribution in [2.75, 3.05) is 11.6 Å². The predicted octanol–water partition coefficient (Wildman–Crippen LogP) is 2.18. The Morgan fingerprint density at radius 1 is 1.31 bits per heavy atom. The zero-order chi connectivity index (χ0) is 11.9. The molecule has 1 aliphatic rings. The van der Waals surface area contributed by atoms with Gasteiger partial charge in [0.1, 0.15) is 0 Å². The molecule has 3 heteroatoms. The lowest BCUT2D eigenvalue weighted by molar-refractivity contribution is -0.125. The summed E-state index contributed by atoms with van der Waals surface area (Å²) >= 11 is 0. The number of amides is 1. The molecular weight excluding hydrogens is 200 g/mol. The molecule has 3 nitrogen and oxygen atoms in total. The summed E-state index contributed by atoms with van der Waals surface area (Å²) in [6.07, 6.45) is 0.